The fraction of sp³-hybridized carbons (Fsp3) is 0.875. The molecule has 2 aliphatic rings. The van der Waals surface area contributed by atoms with Crippen molar-refractivity contribution in [2.45, 2.75) is 70.6 Å². The van der Waals surface area contributed by atoms with Gasteiger partial charge in [0.25, 0.3) is 0 Å². The van der Waals surface area contributed by atoms with Gasteiger partial charge in [0, 0.05) is 12.4 Å². The van der Waals surface area contributed by atoms with E-state index in [0.717, 1.165) is 38.5 Å². The summed E-state index contributed by atoms with van der Waals surface area (Å²) in [5.74, 6) is -3.05. The molecule has 0 bridgehead atoms. The van der Waals surface area contributed by atoms with E-state index in [4.69, 9.17) is 4.55 Å². The number of hydrogen-bond acceptors (Lipinski definition) is 6. The number of carboxylic acids is 1. The molecule has 25 heavy (non-hydrogen) atoms. The van der Waals surface area contributed by atoms with Crippen molar-refractivity contribution in [3.63, 3.8) is 0 Å². The second kappa shape index (κ2) is 9.69. The summed E-state index contributed by atoms with van der Waals surface area (Å²) < 4.78 is 35.4. The van der Waals surface area contributed by atoms with Crippen molar-refractivity contribution in [3.05, 3.63) is 0 Å². The summed E-state index contributed by atoms with van der Waals surface area (Å²) in [5.41, 5.74) is -1.44. The van der Waals surface area contributed by atoms with Crippen molar-refractivity contribution in [1.29, 1.82) is 0 Å². The number of aliphatic carboxylic acids is 1. The van der Waals surface area contributed by atoms with Crippen LogP contribution in [-0.2, 0) is 24.2 Å². The van der Waals surface area contributed by atoms with E-state index in [1.165, 1.54) is 0 Å². The Morgan fingerprint density at radius 3 is 1.68 bits per heavy atom. The summed E-state index contributed by atoms with van der Waals surface area (Å²) in [4.78, 5) is 24.2. The first kappa shape index (κ1) is 22.9. The molecular weight excluding hydrogens is 359 g/mol. The first-order valence-corrected chi connectivity index (χ1v) is 10.0. The molecule has 0 unspecified atom stereocenters. The maximum absolute atomic E-state index is 12.8. The Bertz CT molecular complexity index is 545. The molecule has 0 heterocycles. The van der Waals surface area contributed by atoms with Crippen LogP contribution >= 0.6 is 0 Å². The molecule has 0 atom stereocenters. The number of carbonyl (C=O) groups excluding carboxylic acids is 2. The van der Waals surface area contributed by atoms with Crippen molar-refractivity contribution in [3.8, 4) is 0 Å². The summed E-state index contributed by atoms with van der Waals surface area (Å²) in [5, 5.41) is 11.4. The van der Waals surface area contributed by atoms with Crippen LogP contribution in [-0.4, -0.2) is 24.9 Å². The van der Waals surface area contributed by atoms with Crippen LogP contribution in [0.2, 0.25) is 0 Å². The molecule has 0 aromatic heterocycles. The van der Waals surface area contributed by atoms with Gasteiger partial charge in [-0.3, -0.25) is 9.35 Å². The van der Waals surface area contributed by atoms with Crippen molar-refractivity contribution in [2.75, 3.05) is 0 Å². The topological polar surface area (TPSA) is 121 Å². The smallest absolute Gasteiger partial charge is 0.550 e. The van der Waals surface area contributed by atoms with Crippen LogP contribution in [0.1, 0.15) is 70.6 Å². The second-order valence-electron chi connectivity index (χ2n) is 7.06. The zero-order chi connectivity index (χ0) is 17.8. The van der Waals surface area contributed by atoms with Crippen LogP contribution in [0.3, 0.4) is 0 Å². The minimum Gasteiger partial charge on any atom is -0.550 e. The molecule has 0 aliphatic heterocycles. The zero-order valence-corrected chi connectivity index (χ0v) is 17.6. The molecule has 0 aromatic carbocycles. The summed E-state index contributed by atoms with van der Waals surface area (Å²) >= 11 is 0. The quantitative estimate of drug-likeness (QED) is 0.443. The molecule has 0 saturated heterocycles. The molecule has 2 saturated carbocycles. The molecule has 0 spiro atoms. The molecule has 2 fully saturated rings. The van der Waals surface area contributed by atoms with Crippen LogP contribution in [0.4, 0.5) is 0 Å². The first-order chi connectivity index (χ1) is 11.3. The van der Waals surface area contributed by atoms with E-state index < -0.39 is 34.2 Å². The van der Waals surface area contributed by atoms with E-state index in [1.54, 1.807) is 0 Å². The minimum atomic E-state index is -4.98. The summed E-state index contributed by atoms with van der Waals surface area (Å²) in [6.45, 7) is 0. The minimum absolute atomic E-state index is 0. The van der Waals surface area contributed by atoms with E-state index in [9.17, 15) is 23.1 Å². The largest absolute Gasteiger partial charge is 1.00 e. The van der Waals surface area contributed by atoms with Crippen LogP contribution in [0.5, 0.6) is 0 Å². The molecule has 2 aliphatic carbocycles. The van der Waals surface area contributed by atoms with Gasteiger partial charge in [-0.15, -0.1) is 0 Å². The maximum Gasteiger partial charge on any atom is 1.00 e. The van der Waals surface area contributed by atoms with Crippen molar-refractivity contribution >= 4 is 22.3 Å². The molecule has 0 amide bonds. The fourth-order valence-corrected chi connectivity index (χ4v) is 5.02. The van der Waals surface area contributed by atoms with Crippen LogP contribution in [0.25, 0.3) is 0 Å². The third-order valence-electron chi connectivity index (χ3n) is 5.67. The van der Waals surface area contributed by atoms with Crippen molar-refractivity contribution in [2.24, 2.45) is 17.3 Å². The van der Waals surface area contributed by atoms with Gasteiger partial charge in [0.2, 0.25) is 0 Å². The Hall–Kier alpha value is -0.150. The first-order valence-electron chi connectivity index (χ1n) is 8.67. The summed E-state index contributed by atoms with van der Waals surface area (Å²) in [6.07, 6.45) is 7.55. The van der Waals surface area contributed by atoms with Gasteiger partial charge in [0.05, 0.1) is 5.41 Å². The Kier molecular flexibility index (Phi) is 8.87. The van der Waals surface area contributed by atoms with Crippen LogP contribution in [0.15, 0.2) is 0 Å². The van der Waals surface area contributed by atoms with E-state index >= 15 is 0 Å². The Balaban J connectivity index is 0.00000312. The van der Waals surface area contributed by atoms with E-state index in [0.29, 0.717) is 25.7 Å². The summed E-state index contributed by atoms with van der Waals surface area (Å²) in [6, 6.07) is 0. The van der Waals surface area contributed by atoms with Gasteiger partial charge in [-0.2, -0.15) is 8.42 Å². The molecule has 138 valence electrons. The average Bonchev–Trinajstić information content (AvgIpc) is 2.52. The Morgan fingerprint density at radius 2 is 1.36 bits per heavy atom. The second-order valence-corrected chi connectivity index (χ2v) is 8.08. The van der Waals surface area contributed by atoms with Gasteiger partial charge < -0.3 is 14.1 Å². The third-order valence-corrected chi connectivity index (χ3v) is 6.03. The average molecular weight is 384 g/mol. The van der Waals surface area contributed by atoms with Gasteiger partial charge in [-0.1, -0.05) is 38.5 Å². The maximum atomic E-state index is 12.8. The Morgan fingerprint density at radius 1 is 0.960 bits per heavy atom. The van der Waals surface area contributed by atoms with E-state index in [2.05, 4.69) is 4.18 Å². The van der Waals surface area contributed by atoms with Crippen LogP contribution < -0.4 is 34.7 Å². The third kappa shape index (κ3) is 5.92. The predicted octanol–water partition coefficient (Wildman–Crippen LogP) is -1.38. The van der Waals surface area contributed by atoms with E-state index in [1.807, 2.05) is 0 Å². The summed E-state index contributed by atoms with van der Waals surface area (Å²) in [7, 11) is -4.98. The number of carboxylic acid groups (broad SMARTS) is 1. The SMILES string of the molecule is O=C([O-])CC(C(=O)OS(=O)(=O)O)(C1CCCCC1)C1CCCCC1.[Na+]. The molecule has 9 heteroatoms. The molecule has 0 radical (unpaired) electrons. The fourth-order valence-electron chi connectivity index (χ4n) is 4.68. The van der Waals surface area contributed by atoms with Gasteiger partial charge in [0.15, 0.2) is 0 Å². The standard InChI is InChI=1S/C16H26O7S.Na/c17-14(18)11-16(12-7-3-1-4-8-12,13-9-5-2-6-10-13)15(19)23-24(20,21)22;/h12-13H,1-11H2,(H,17,18)(H,20,21,22);/q;+1/p-1. The number of carbonyl (C=O) groups is 2. The zero-order valence-electron chi connectivity index (χ0n) is 14.7. The number of hydrogen-bond donors (Lipinski definition) is 1. The van der Waals surface area contributed by atoms with Gasteiger partial charge in [-0.25, -0.2) is 0 Å². The van der Waals surface area contributed by atoms with Crippen molar-refractivity contribution < 1.29 is 61.4 Å². The monoisotopic (exact) mass is 384 g/mol. The molecule has 2 rings (SSSR count). The van der Waals surface area contributed by atoms with Gasteiger partial charge in [0.1, 0.15) is 0 Å². The normalized spacial score (nSPS) is 20.5. The predicted molar refractivity (Wildman–Crippen MR) is 82.8 cm³/mol. The van der Waals surface area contributed by atoms with Crippen molar-refractivity contribution in [1.82, 2.24) is 0 Å². The molecule has 1 N–H and O–H groups in total. The molecular formula is C16H25NaO7S. The van der Waals surface area contributed by atoms with Gasteiger partial charge >= 0.3 is 45.9 Å². The Labute approximate surface area is 171 Å². The van der Waals surface area contributed by atoms with Gasteiger partial charge in [-0.05, 0) is 37.5 Å². The van der Waals surface area contributed by atoms with E-state index in [-0.39, 0.29) is 41.4 Å². The number of rotatable bonds is 6. The van der Waals surface area contributed by atoms with Crippen LogP contribution in [0, 0.1) is 17.3 Å². The molecule has 0 aromatic rings. The molecule has 7 nitrogen and oxygen atoms in total.